The second-order valence-electron chi connectivity index (χ2n) is 16.6. The Balaban J connectivity index is 1.71. The van der Waals surface area contributed by atoms with E-state index in [9.17, 15) is 9.59 Å². The Kier molecular flexibility index (Phi) is 17.0. The molecule has 0 saturated carbocycles. The number of piperidine rings is 2. The Morgan fingerprint density at radius 1 is 0.500 bits per heavy atom. The van der Waals surface area contributed by atoms with Crippen molar-refractivity contribution in [3.05, 3.63) is 0 Å². The number of hydrogen-bond donors (Lipinski definition) is 0. The minimum Gasteiger partial charge on any atom is -0.462 e. The largest absolute Gasteiger partial charge is 0.462 e. The summed E-state index contributed by atoms with van der Waals surface area (Å²) in [5.41, 5.74) is -0.946. The molecule has 0 N–H and O–H groups in total. The van der Waals surface area contributed by atoms with Crippen LogP contribution in [0.5, 0.6) is 0 Å². The van der Waals surface area contributed by atoms with E-state index in [2.05, 4.69) is 79.4 Å². The summed E-state index contributed by atoms with van der Waals surface area (Å²) in [6.45, 7) is 23.3. The topological polar surface area (TPSA) is 77.5 Å². The van der Waals surface area contributed by atoms with E-state index in [4.69, 9.17) is 19.1 Å². The molecule has 2 aliphatic heterocycles. The fourth-order valence-electron chi connectivity index (χ4n) is 7.96. The highest BCUT2D eigenvalue weighted by Crippen LogP contribution is 2.41. The van der Waals surface area contributed by atoms with Crippen molar-refractivity contribution < 1.29 is 28.7 Å². The standard InChI is InChI=1S/C38H72N2O6/c1-11-13-15-17-21-25-43-39-35(3,4)27-31(28-36(39,5)6)45-33(41)23-19-20-24-34(42)46-32-29-37(7,8)40(38(9,10)30-32)44-26-22-18-16-14-12-2/h31-32H,11-30H2,1-10H3. The number of rotatable bonds is 21. The Morgan fingerprint density at radius 2 is 0.804 bits per heavy atom. The summed E-state index contributed by atoms with van der Waals surface area (Å²) in [6.07, 6.45) is 16.6. The van der Waals surface area contributed by atoms with Crippen molar-refractivity contribution in [2.75, 3.05) is 13.2 Å². The van der Waals surface area contributed by atoms with Gasteiger partial charge in [0.25, 0.3) is 0 Å². The predicted molar refractivity (Wildman–Crippen MR) is 186 cm³/mol. The first-order valence-electron chi connectivity index (χ1n) is 18.8. The van der Waals surface area contributed by atoms with Crippen LogP contribution in [-0.2, 0) is 28.7 Å². The Morgan fingerprint density at radius 3 is 1.11 bits per heavy atom. The van der Waals surface area contributed by atoms with Gasteiger partial charge in [-0.3, -0.25) is 19.3 Å². The van der Waals surface area contributed by atoms with E-state index in [-0.39, 0.29) is 46.3 Å². The smallest absolute Gasteiger partial charge is 0.306 e. The summed E-state index contributed by atoms with van der Waals surface area (Å²) >= 11 is 0. The van der Waals surface area contributed by atoms with E-state index in [1.54, 1.807) is 0 Å². The van der Waals surface area contributed by atoms with Crippen LogP contribution in [0.2, 0.25) is 0 Å². The maximum absolute atomic E-state index is 12.8. The molecule has 0 amide bonds. The van der Waals surface area contributed by atoms with Crippen LogP contribution >= 0.6 is 0 Å². The third-order valence-electron chi connectivity index (χ3n) is 9.65. The lowest BCUT2D eigenvalue weighted by molar-refractivity contribution is -0.293. The van der Waals surface area contributed by atoms with Gasteiger partial charge in [0.15, 0.2) is 0 Å². The summed E-state index contributed by atoms with van der Waals surface area (Å²) in [4.78, 5) is 38.2. The third-order valence-corrected chi connectivity index (χ3v) is 9.65. The van der Waals surface area contributed by atoms with Crippen molar-refractivity contribution in [2.45, 2.75) is 219 Å². The molecule has 2 saturated heterocycles. The first kappa shape index (κ1) is 41.0. The molecule has 0 radical (unpaired) electrons. The van der Waals surface area contributed by atoms with Gasteiger partial charge < -0.3 is 9.47 Å². The van der Waals surface area contributed by atoms with E-state index in [0.717, 1.165) is 51.7 Å². The van der Waals surface area contributed by atoms with Gasteiger partial charge in [-0.2, -0.15) is 10.1 Å². The molecule has 0 aromatic carbocycles. The molecule has 0 bridgehead atoms. The lowest BCUT2D eigenvalue weighted by atomic mass is 9.80. The summed E-state index contributed by atoms with van der Waals surface area (Å²) in [5.74, 6) is -0.368. The van der Waals surface area contributed by atoms with Gasteiger partial charge in [0.1, 0.15) is 12.2 Å². The van der Waals surface area contributed by atoms with Crippen LogP contribution in [-0.4, -0.2) is 69.6 Å². The van der Waals surface area contributed by atoms with E-state index in [1.165, 1.54) is 51.4 Å². The number of carbonyl (C=O) groups is 2. The van der Waals surface area contributed by atoms with Crippen molar-refractivity contribution >= 4 is 11.9 Å². The number of carbonyl (C=O) groups excluding carboxylic acids is 2. The van der Waals surface area contributed by atoms with E-state index in [0.29, 0.717) is 25.7 Å². The quantitative estimate of drug-likeness (QED) is 0.0896. The van der Waals surface area contributed by atoms with Crippen LogP contribution < -0.4 is 0 Å². The number of unbranched alkanes of at least 4 members (excludes halogenated alkanes) is 9. The van der Waals surface area contributed by atoms with Crippen molar-refractivity contribution in [1.29, 1.82) is 0 Å². The first-order valence-corrected chi connectivity index (χ1v) is 18.8. The number of ether oxygens (including phenoxy) is 2. The average molecular weight is 653 g/mol. The maximum Gasteiger partial charge on any atom is 0.306 e. The molecule has 8 heteroatoms. The molecule has 0 atom stereocenters. The molecule has 0 aromatic heterocycles. The molecule has 0 spiro atoms. The zero-order valence-corrected chi connectivity index (χ0v) is 31.6. The Hall–Kier alpha value is -1.22. The second-order valence-corrected chi connectivity index (χ2v) is 16.6. The van der Waals surface area contributed by atoms with Crippen LogP contribution in [0.15, 0.2) is 0 Å². The number of hydroxylamine groups is 4. The van der Waals surface area contributed by atoms with Gasteiger partial charge in [0.2, 0.25) is 0 Å². The lowest BCUT2D eigenvalue weighted by Crippen LogP contribution is -2.62. The number of nitrogens with zero attached hydrogens (tertiary/aromatic N) is 2. The van der Waals surface area contributed by atoms with Gasteiger partial charge in [-0.15, -0.1) is 0 Å². The highest BCUT2D eigenvalue weighted by atomic mass is 16.7. The lowest BCUT2D eigenvalue weighted by Gasteiger charge is -2.53. The Bertz CT molecular complexity index is 794. The van der Waals surface area contributed by atoms with Gasteiger partial charge in [0.05, 0.1) is 13.2 Å². The minimum absolute atomic E-state index is 0.144. The van der Waals surface area contributed by atoms with Crippen LogP contribution in [0, 0.1) is 0 Å². The van der Waals surface area contributed by atoms with E-state index < -0.39 is 0 Å². The van der Waals surface area contributed by atoms with Crippen LogP contribution in [0.1, 0.15) is 185 Å². The zero-order chi connectivity index (χ0) is 34.4. The van der Waals surface area contributed by atoms with Gasteiger partial charge in [-0.05, 0) is 81.1 Å². The van der Waals surface area contributed by atoms with Crippen LogP contribution in [0.3, 0.4) is 0 Å². The fraction of sp³-hybridized carbons (Fsp3) is 0.947. The van der Waals surface area contributed by atoms with Gasteiger partial charge >= 0.3 is 11.9 Å². The van der Waals surface area contributed by atoms with Crippen molar-refractivity contribution in [2.24, 2.45) is 0 Å². The predicted octanol–water partition coefficient (Wildman–Crippen LogP) is 9.48. The summed E-state index contributed by atoms with van der Waals surface area (Å²) < 4.78 is 11.9. The van der Waals surface area contributed by atoms with Crippen molar-refractivity contribution in [3.8, 4) is 0 Å². The molecule has 2 heterocycles. The summed E-state index contributed by atoms with van der Waals surface area (Å²) in [5, 5.41) is 4.29. The van der Waals surface area contributed by atoms with Gasteiger partial charge in [0, 0.05) is 60.7 Å². The summed E-state index contributed by atoms with van der Waals surface area (Å²) in [7, 11) is 0. The minimum atomic E-state index is -0.237. The average Bonchev–Trinajstić information content (AvgIpc) is 2.91. The molecule has 0 aromatic rings. The highest BCUT2D eigenvalue weighted by molar-refractivity contribution is 5.71. The summed E-state index contributed by atoms with van der Waals surface area (Å²) in [6, 6.07) is 0. The number of hydrogen-bond acceptors (Lipinski definition) is 8. The zero-order valence-electron chi connectivity index (χ0n) is 31.6. The molecular formula is C38H72N2O6. The molecule has 46 heavy (non-hydrogen) atoms. The van der Waals surface area contributed by atoms with Crippen LogP contribution in [0.4, 0.5) is 0 Å². The number of esters is 2. The molecule has 270 valence electrons. The highest BCUT2D eigenvalue weighted by Gasteiger charge is 2.49. The van der Waals surface area contributed by atoms with E-state index in [1.807, 2.05) is 0 Å². The van der Waals surface area contributed by atoms with Gasteiger partial charge in [-0.1, -0.05) is 65.2 Å². The second kappa shape index (κ2) is 19.1. The third kappa shape index (κ3) is 13.7. The fourth-order valence-corrected chi connectivity index (χ4v) is 7.96. The maximum atomic E-state index is 12.8. The first-order chi connectivity index (χ1) is 21.5. The van der Waals surface area contributed by atoms with Gasteiger partial charge in [-0.25, -0.2) is 0 Å². The molecular weight excluding hydrogens is 580 g/mol. The normalized spacial score (nSPS) is 21.7. The van der Waals surface area contributed by atoms with Crippen molar-refractivity contribution in [3.63, 3.8) is 0 Å². The molecule has 0 unspecified atom stereocenters. The molecule has 2 aliphatic rings. The Labute approximate surface area is 282 Å². The molecule has 2 rings (SSSR count). The monoisotopic (exact) mass is 653 g/mol. The molecule has 0 aliphatic carbocycles. The molecule has 2 fully saturated rings. The SMILES string of the molecule is CCCCCCCON1C(C)(C)CC(OC(=O)CCCCC(=O)OC2CC(C)(C)N(OCCCCCCC)C(C)(C)C2)CC1(C)C. The van der Waals surface area contributed by atoms with E-state index >= 15 is 0 Å². The van der Waals surface area contributed by atoms with Crippen molar-refractivity contribution in [1.82, 2.24) is 10.1 Å². The molecule has 8 nitrogen and oxygen atoms in total. The van der Waals surface area contributed by atoms with Crippen LogP contribution in [0.25, 0.3) is 0 Å².